The van der Waals surface area contributed by atoms with E-state index in [9.17, 15) is 4.79 Å². The van der Waals surface area contributed by atoms with Gasteiger partial charge in [-0.3, -0.25) is 4.79 Å². The number of carbonyl (C=O) groups excluding carboxylic acids is 1. The van der Waals surface area contributed by atoms with Gasteiger partial charge in [-0.25, -0.2) is 0 Å². The fourth-order valence-corrected chi connectivity index (χ4v) is 3.34. The fourth-order valence-electron chi connectivity index (χ4n) is 2.15. The van der Waals surface area contributed by atoms with Gasteiger partial charge in [0, 0.05) is 15.8 Å². The molecule has 0 unspecified atom stereocenters. The summed E-state index contributed by atoms with van der Waals surface area (Å²) in [5.74, 6) is 1.02. The molecule has 1 atom stereocenters. The van der Waals surface area contributed by atoms with Crippen molar-refractivity contribution in [1.29, 1.82) is 0 Å². The summed E-state index contributed by atoms with van der Waals surface area (Å²) in [5, 5.41) is 0. The van der Waals surface area contributed by atoms with Crippen molar-refractivity contribution in [2.45, 2.75) is 25.1 Å². The normalized spacial score (nSPS) is 22.8. The standard InChI is InChI=1S/C13H15BrO2/c1-13(2)7-11(14)10-6-8(16-3)4-5-9(10)12(13)15/h4-6,11H,7H2,1-3H3/t11-/m1/s1. The van der Waals surface area contributed by atoms with E-state index in [0.717, 1.165) is 23.3 Å². The molecule has 0 saturated heterocycles. The van der Waals surface area contributed by atoms with Crippen LogP contribution in [0.5, 0.6) is 5.75 Å². The van der Waals surface area contributed by atoms with Crippen molar-refractivity contribution in [3.8, 4) is 5.75 Å². The van der Waals surface area contributed by atoms with Crippen LogP contribution in [0.4, 0.5) is 0 Å². The van der Waals surface area contributed by atoms with Crippen LogP contribution in [-0.2, 0) is 0 Å². The van der Waals surface area contributed by atoms with Crippen LogP contribution >= 0.6 is 15.9 Å². The molecule has 0 N–H and O–H groups in total. The molecule has 0 aliphatic heterocycles. The number of alkyl halides is 1. The van der Waals surface area contributed by atoms with Crippen molar-refractivity contribution < 1.29 is 9.53 Å². The molecule has 1 aromatic carbocycles. The number of methoxy groups -OCH3 is 1. The molecular formula is C13H15BrO2. The quantitative estimate of drug-likeness (QED) is 0.734. The van der Waals surface area contributed by atoms with Crippen LogP contribution in [-0.4, -0.2) is 12.9 Å². The summed E-state index contributed by atoms with van der Waals surface area (Å²) in [7, 11) is 1.64. The lowest BCUT2D eigenvalue weighted by Crippen LogP contribution is -2.31. The van der Waals surface area contributed by atoms with Crippen molar-refractivity contribution in [1.82, 2.24) is 0 Å². The van der Waals surface area contributed by atoms with E-state index in [0.29, 0.717) is 0 Å². The van der Waals surface area contributed by atoms with Crippen LogP contribution in [0.2, 0.25) is 0 Å². The number of hydrogen-bond donors (Lipinski definition) is 0. The van der Waals surface area contributed by atoms with Crippen molar-refractivity contribution in [3.05, 3.63) is 29.3 Å². The molecule has 1 aliphatic rings. The maximum atomic E-state index is 12.2. The smallest absolute Gasteiger partial charge is 0.168 e. The Hall–Kier alpha value is -0.830. The van der Waals surface area contributed by atoms with E-state index in [2.05, 4.69) is 15.9 Å². The number of ether oxygens (including phenoxy) is 1. The molecule has 0 bridgehead atoms. The van der Waals surface area contributed by atoms with Gasteiger partial charge in [0.1, 0.15) is 5.75 Å². The zero-order valence-corrected chi connectivity index (χ0v) is 11.3. The van der Waals surface area contributed by atoms with E-state index in [1.165, 1.54) is 0 Å². The predicted octanol–water partition coefficient (Wildman–Crippen LogP) is 3.74. The number of rotatable bonds is 1. The van der Waals surface area contributed by atoms with Gasteiger partial charge in [-0.15, -0.1) is 0 Å². The van der Waals surface area contributed by atoms with Crippen molar-refractivity contribution in [2.75, 3.05) is 7.11 Å². The molecule has 0 fully saturated rings. The van der Waals surface area contributed by atoms with Gasteiger partial charge >= 0.3 is 0 Å². The van der Waals surface area contributed by atoms with Crippen LogP contribution in [0.3, 0.4) is 0 Å². The maximum Gasteiger partial charge on any atom is 0.168 e. The highest BCUT2D eigenvalue weighted by Crippen LogP contribution is 2.45. The minimum atomic E-state index is -0.282. The lowest BCUT2D eigenvalue weighted by Gasteiger charge is -2.33. The molecule has 86 valence electrons. The molecule has 2 rings (SSSR count). The lowest BCUT2D eigenvalue weighted by molar-refractivity contribution is 0.0810. The monoisotopic (exact) mass is 282 g/mol. The number of halogens is 1. The van der Waals surface area contributed by atoms with Crippen molar-refractivity contribution in [3.63, 3.8) is 0 Å². The Balaban J connectivity index is 2.54. The van der Waals surface area contributed by atoms with E-state index in [4.69, 9.17) is 4.74 Å². The molecule has 0 radical (unpaired) electrons. The molecule has 0 heterocycles. The summed E-state index contributed by atoms with van der Waals surface area (Å²) in [6, 6.07) is 5.66. The minimum Gasteiger partial charge on any atom is -0.497 e. The molecular weight excluding hydrogens is 268 g/mol. The largest absolute Gasteiger partial charge is 0.497 e. The number of ketones is 1. The molecule has 3 heteroatoms. The van der Waals surface area contributed by atoms with Gasteiger partial charge in [-0.05, 0) is 30.2 Å². The van der Waals surface area contributed by atoms with Gasteiger partial charge in [-0.2, -0.15) is 0 Å². The van der Waals surface area contributed by atoms with Gasteiger partial charge in [0.05, 0.1) is 7.11 Å². The Labute approximate surface area is 104 Å². The number of benzene rings is 1. The SMILES string of the molecule is COc1ccc2c(c1)[C@H](Br)CC(C)(C)C2=O. The number of fused-ring (bicyclic) bond motifs is 1. The highest BCUT2D eigenvalue weighted by molar-refractivity contribution is 9.09. The maximum absolute atomic E-state index is 12.2. The van der Waals surface area contributed by atoms with Gasteiger partial charge < -0.3 is 4.74 Å². The highest BCUT2D eigenvalue weighted by atomic mass is 79.9. The van der Waals surface area contributed by atoms with Crippen LogP contribution in [0, 0.1) is 5.41 Å². The van der Waals surface area contributed by atoms with E-state index in [1.807, 2.05) is 32.0 Å². The Morgan fingerprint density at radius 3 is 2.75 bits per heavy atom. The Kier molecular flexibility index (Phi) is 2.82. The average Bonchev–Trinajstić information content (AvgIpc) is 2.25. The molecule has 16 heavy (non-hydrogen) atoms. The first kappa shape index (κ1) is 11.6. The molecule has 0 spiro atoms. The van der Waals surface area contributed by atoms with Crippen LogP contribution in [0.25, 0.3) is 0 Å². The van der Waals surface area contributed by atoms with Gasteiger partial charge in [-0.1, -0.05) is 29.8 Å². The third-order valence-electron chi connectivity index (χ3n) is 3.15. The van der Waals surface area contributed by atoms with Crippen LogP contribution < -0.4 is 4.74 Å². The van der Waals surface area contributed by atoms with E-state index in [-0.39, 0.29) is 16.0 Å². The van der Waals surface area contributed by atoms with Crippen molar-refractivity contribution in [2.24, 2.45) is 5.41 Å². The molecule has 1 aliphatic carbocycles. The molecule has 1 aromatic rings. The lowest BCUT2D eigenvalue weighted by atomic mass is 9.73. The second-order valence-electron chi connectivity index (χ2n) is 4.84. The molecule has 0 aromatic heterocycles. The van der Waals surface area contributed by atoms with Crippen LogP contribution in [0.1, 0.15) is 41.0 Å². The summed E-state index contributed by atoms with van der Waals surface area (Å²) in [6.07, 6.45) is 0.825. The van der Waals surface area contributed by atoms with Gasteiger partial charge in [0.15, 0.2) is 5.78 Å². The van der Waals surface area contributed by atoms with E-state index >= 15 is 0 Å². The minimum absolute atomic E-state index is 0.223. The number of Topliss-reactive ketones (excluding diaryl/α,β-unsaturated/α-hetero) is 1. The first-order chi connectivity index (χ1) is 7.45. The van der Waals surface area contributed by atoms with E-state index in [1.54, 1.807) is 7.11 Å². The fraction of sp³-hybridized carbons (Fsp3) is 0.462. The Bertz CT molecular complexity index is 438. The molecule has 0 amide bonds. The third kappa shape index (κ3) is 1.77. The zero-order valence-electron chi connectivity index (χ0n) is 9.71. The average molecular weight is 283 g/mol. The van der Waals surface area contributed by atoms with Crippen LogP contribution in [0.15, 0.2) is 18.2 Å². The number of carbonyl (C=O) groups is 1. The third-order valence-corrected chi connectivity index (χ3v) is 3.96. The first-order valence-electron chi connectivity index (χ1n) is 5.32. The summed E-state index contributed by atoms with van der Waals surface area (Å²) in [4.78, 5) is 12.4. The van der Waals surface area contributed by atoms with Gasteiger partial charge in [0.25, 0.3) is 0 Å². The van der Waals surface area contributed by atoms with Gasteiger partial charge in [0.2, 0.25) is 0 Å². The summed E-state index contributed by atoms with van der Waals surface area (Å²) in [6.45, 7) is 3.99. The van der Waals surface area contributed by atoms with E-state index < -0.39 is 0 Å². The molecule has 2 nitrogen and oxygen atoms in total. The predicted molar refractivity (Wildman–Crippen MR) is 67.4 cm³/mol. The second kappa shape index (κ2) is 3.88. The summed E-state index contributed by atoms with van der Waals surface area (Å²) < 4.78 is 5.18. The Morgan fingerprint density at radius 2 is 2.12 bits per heavy atom. The molecule has 0 saturated carbocycles. The topological polar surface area (TPSA) is 26.3 Å². The summed E-state index contributed by atoms with van der Waals surface area (Å²) in [5.41, 5.74) is 1.58. The second-order valence-corrected chi connectivity index (χ2v) is 5.94. The van der Waals surface area contributed by atoms with Crippen molar-refractivity contribution >= 4 is 21.7 Å². The summed E-state index contributed by atoms with van der Waals surface area (Å²) >= 11 is 3.65. The Morgan fingerprint density at radius 1 is 1.44 bits per heavy atom. The first-order valence-corrected chi connectivity index (χ1v) is 6.24. The zero-order chi connectivity index (χ0) is 11.9. The highest BCUT2D eigenvalue weighted by Gasteiger charge is 2.38. The number of hydrogen-bond acceptors (Lipinski definition) is 2.